The van der Waals surface area contributed by atoms with E-state index < -0.39 is 0 Å². The van der Waals surface area contributed by atoms with Gasteiger partial charge < -0.3 is 19.8 Å². The molecule has 0 atom stereocenters. The van der Waals surface area contributed by atoms with Crippen LogP contribution in [-0.2, 0) is 26.2 Å². The Balaban J connectivity index is 1.06. The Morgan fingerprint density at radius 3 is 1.79 bits per heavy atom. The van der Waals surface area contributed by atoms with Gasteiger partial charge in [-0.15, -0.1) is 0 Å². The zero-order valence-corrected chi connectivity index (χ0v) is 23.6. The molecule has 0 fully saturated rings. The van der Waals surface area contributed by atoms with Crippen LogP contribution in [0, 0.1) is 0 Å². The van der Waals surface area contributed by atoms with Crippen LogP contribution >= 0.6 is 0 Å². The fourth-order valence-corrected chi connectivity index (χ4v) is 5.61. The van der Waals surface area contributed by atoms with Crippen LogP contribution < -0.4 is 10.6 Å². The lowest BCUT2D eigenvalue weighted by molar-refractivity contribution is 0.581. The molecular formula is C34H34N8. The van der Waals surface area contributed by atoms with E-state index >= 15 is 0 Å². The van der Waals surface area contributed by atoms with Crippen molar-refractivity contribution in [2.45, 2.75) is 39.0 Å². The molecule has 4 aromatic heterocycles. The van der Waals surface area contributed by atoms with Crippen molar-refractivity contribution in [3.05, 3.63) is 109 Å². The number of imidazole rings is 2. The van der Waals surface area contributed by atoms with Crippen molar-refractivity contribution in [3.63, 3.8) is 0 Å². The van der Waals surface area contributed by atoms with Crippen molar-refractivity contribution in [2.75, 3.05) is 13.1 Å². The van der Waals surface area contributed by atoms with Crippen LogP contribution in [0.3, 0.4) is 0 Å². The highest BCUT2D eigenvalue weighted by atomic mass is 15.0. The number of aromatic nitrogens is 6. The van der Waals surface area contributed by atoms with Gasteiger partial charge in [-0.2, -0.15) is 0 Å². The van der Waals surface area contributed by atoms with E-state index in [1.165, 1.54) is 11.1 Å². The number of aryl methyl sites for hydroxylation is 2. The smallest absolute Gasteiger partial charge is 0.0945 e. The van der Waals surface area contributed by atoms with Gasteiger partial charge in [-0.25, -0.2) is 19.9 Å². The van der Waals surface area contributed by atoms with Crippen LogP contribution in [0.25, 0.3) is 43.6 Å². The molecule has 0 amide bonds. The second kappa shape index (κ2) is 12.1. The predicted molar refractivity (Wildman–Crippen MR) is 169 cm³/mol. The Labute approximate surface area is 244 Å². The summed E-state index contributed by atoms with van der Waals surface area (Å²) in [6, 6.07) is 21.9. The van der Waals surface area contributed by atoms with Gasteiger partial charge in [0.25, 0.3) is 0 Å². The average Bonchev–Trinajstić information content (AvgIpc) is 3.74. The molecule has 8 heteroatoms. The van der Waals surface area contributed by atoms with Crippen LogP contribution in [0.4, 0.5) is 0 Å². The van der Waals surface area contributed by atoms with Crippen LogP contribution in [0.2, 0.25) is 0 Å². The number of pyridine rings is 2. The van der Waals surface area contributed by atoms with E-state index in [1.807, 2.05) is 37.4 Å². The normalized spacial score (nSPS) is 11.8. The molecule has 210 valence electrons. The van der Waals surface area contributed by atoms with Gasteiger partial charge >= 0.3 is 0 Å². The van der Waals surface area contributed by atoms with Gasteiger partial charge in [0.15, 0.2) is 0 Å². The number of hydrogen-bond acceptors (Lipinski definition) is 6. The fourth-order valence-electron chi connectivity index (χ4n) is 5.61. The third-order valence-corrected chi connectivity index (χ3v) is 7.81. The Hall–Kier alpha value is -4.66. The van der Waals surface area contributed by atoms with Gasteiger partial charge in [0, 0.05) is 72.5 Å². The largest absolute Gasteiger partial charge is 0.337 e. The molecule has 8 nitrogen and oxygen atoms in total. The Kier molecular flexibility index (Phi) is 7.54. The van der Waals surface area contributed by atoms with Crippen LogP contribution in [0.5, 0.6) is 0 Å². The summed E-state index contributed by atoms with van der Waals surface area (Å²) >= 11 is 0. The summed E-state index contributed by atoms with van der Waals surface area (Å²) < 4.78 is 4.22. The lowest BCUT2D eigenvalue weighted by atomic mass is 10.0. The molecular weight excluding hydrogens is 520 g/mol. The van der Waals surface area contributed by atoms with E-state index in [2.05, 4.69) is 90.4 Å². The van der Waals surface area contributed by atoms with E-state index in [4.69, 9.17) is 9.97 Å². The van der Waals surface area contributed by atoms with E-state index in [0.717, 1.165) is 95.7 Å². The maximum absolute atomic E-state index is 5.12. The molecule has 7 rings (SSSR count). The van der Waals surface area contributed by atoms with Crippen molar-refractivity contribution in [2.24, 2.45) is 0 Å². The van der Waals surface area contributed by atoms with Gasteiger partial charge in [0.1, 0.15) is 0 Å². The summed E-state index contributed by atoms with van der Waals surface area (Å²) in [5.74, 6) is 0. The highest BCUT2D eigenvalue weighted by molar-refractivity contribution is 6.10. The summed E-state index contributed by atoms with van der Waals surface area (Å²) in [4.78, 5) is 18.3. The zero-order valence-electron chi connectivity index (χ0n) is 23.6. The van der Waals surface area contributed by atoms with Gasteiger partial charge in [0.2, 0.25) is 0 Å². The Morgan fingerprint density at radius 1 is 0.571 bits per heavy atom. The van der Waals surface area contributed by atoms with Crippen LogP contribution in [0.15, 0.2) is 98.1 Å². The van der Waals surface area contributed by atoms with Crippen molar-refractivity contribution in [1.82, 2.24) is 39.7 Å². The second-order valence-corrected chi connectivity index (χ2v) is 10.9. The molecule has 0 aliphatic heterocycles. The maximum atomic E-state index is 5.12. The van der Waals surface area contributed by atoms with Crippen LogP contribution in [0.1, 0.15) is 24.0 Å². The quantitative estimate of drug-likeness (QED) is 0.112. The van der Waals surface area contributed by atoms with Crippen molar-refractivity contribution >= 4 is 43.6 Å². The molecule has 0 saturated carbocycles. The molecule has 3 aromatic carbocycles. The van der Waals surface area contributed by atoms with E-state index in [1.54, 1.807) is 0 Å². The fraction of sp³-hybridized carbons (Fsp3) is 0.235. The monoisotopic (exact) mass is 554 g/mol. The third-order valence-electron chi connectivity index (χ3n) is 7.81. The molecule has 0 bridgehead atoms. The minimum atomic E-state index is 0.831. The Morgan fingerprint density at radius 2 is 1.17 bits per heavy atom. The van der Waals surface area contributed by atoms with Gasteiger partial charge in [-0.1, -0.05) is 18.2 Å². The SMILES string of the molecule is c1cn(CCCNCc2ccc3nc4ccc5cc6cc(CNCCCn7ccnc7)ccc6nc5c4cc3c2)cn1. The molecule has 0 aliphatic rings. The second-order valence-electron chi connectivity index (χ2n) is 10.9. The molecule has 42 heavy (non-hydrogen) atoms. The number of nitrogens with one attached hydrogen (secondary N) is 2. The molecule has 7 aromatic rings. The molecule has 0 radical (unpaired) electrons. The number of fused-ring (bicyclic) bond motifs is 5. The predicted octanol–water partition coefficient (Wildman–Crippen LogP) is 5.84. The highest BCUT2D eigenvalue weighted by Gasteiger charge is 2.09. The topological polar surface area (TPSA) is 85.5 Å². The van der Waals surface area contributed by atoms with E-state index in [0.29, 0.717) is 0 Å². The number of benzene rings is 3. The first-order chi connectivity index (χ1) is 20.8. The van der Waals surface area contributed by atoms with E-state index in [9.17, 15) is 0 Å². The molecule has 0 saturated heterocycles. The van der Waals surface area contributed by atoms with Crippen molar-refractivity contribution in [1.29, 1.82) is 0 Å². The molecule has 0 spiro atoms. The standard InChI is InChI=1S/C34H34N8/c1(13-41-15-11-37-23-41)9-35-21-25-4-7-32-28(17-25)19-27-5-8-33-30(34(27)40-32)20-29-18-26(3-6-31(29)39-33)22-36-10-2-14-42-16-12-38-24-42/h3-8,11-12,15-20,23-24,35-36H,1-2,9-10,13-14,21-22H2. The number of hydrogen-bond donors (Lipinski definition) is 2. The minimum absolute atomic E-state index is 0.831. The summed E-state index contributed by atoms with van der Waals surface area (Å²) in [5.41, 5.74) is 6.52. The van der Waals surface area contributed by atoms with Crippen molar-refractivity contribution in [3.8, 4) is 0 Å². The average molecular weight is 555 g/mol. The zero-order chi connectivity index (χ0) is 28.1. The molecule has 0 aliphatic carbocycles. The first-order valence-corrected chi connectivity index (χ1v) is 14.7. The summed E-state index contributed by atoms with van der Waals surface area (Å²) in [7, 11) is 0. The van der Waals surface area contributed by atoms with Crippen molar-refractivity contribution < 1.29 is 0 Å². The first kappa shape index (κ1) is 26.3. The summed E-state index contributed by atoms with van der Waals surface area (Å²) in [5, 5.41) is 11.7. The summed E-state index contributed by atoms with van der Waals surface area (Å²) in [6.45, 7) is 5.54. The number of nitrogens with zero attached hydrogens (tertiary/aromatic N) is 6. The number of rotatable bonds is 12. The van der Waals surface area contributed by atoms with Gasteiger partial charge in [-0.3, -0.25) is 0 Å². The maximum Gasteiger partial charge on any atom is 0.0945 e. The summed E-state index contributed by atoms with van der Waals surface area (Å²) in [6.07, 6.45) is 13.5. The van der Waals surface area contributed by atoms with Gasteiger partial charge in [0.05, 0.1) is 34.7 Å². The Bertz CT molecular complexity index is 1940. The highest BCUT2D eigenvalue weighted by Crippen LogP contribution is 2.29. The van der Waals surface area contributed by atoms with E-state index in [-0.39, 0.29) is 0 Å². The molecule has 2 N–H and O–H groups in total. The molecule has 4 heterocycles. The first-order valence-electron chi connectivity index (χ1n) is 14.7. The lowest BCUT2D eigenvalue weighted by Gasteiger charge is -2.10. The van der Waals surface area contributed by atoms with Gasteiger partial charge in [-0.05, 0) is 79.5 Å². The van der Waals surface area contributed by atoms with Crippen LogP contribution in [-0.4, -0.2) is 42.2 Å². The lowest BCUT2D eigenvalue weighted by Crippen LogP contribution is -2.16. The third kappa shape index (κ3) is 5.86. The molecule has 0 unspecified atom stereocenters. The minimum Gasteiger partial charge on any atom is -0.337 e.